The summed E-state index contributed by atoms with van der Waals surface area (Å²) in [6, 6.07) is 9.50. The molecule has 0 fully saturated rings. The third kappa shape index (κ3) is 3.06. The molecule has 0 aliphatic carbocycles. The first-order chi connectivity index (χ1) is 11.9. The summed E-state index contributed by atoms with van der Waals surface area (Å²) in [5.74, 6) is 5.83. The summed E-state index contributed by atoms with van der Waals surface area (Å²) in [5.41, 5.74) is 3.04. The van der Waals surface area contributed by atoms with E-state index in [1.54, 1.807) is 36.6 Å². The zero-order valence-electron chi connectivity index (χ0n) is 14.5. The van der Waals surface area contributed by atoms with Gasteiger partial charge in [-0.05, 0) is 35.4 Å². The lowest BCUT2D eigenvalue weighted by Gasteiger charge is -2.28. The molecule has 6 heteroatoms. The van der Waals surface area contributed by atoms with Crippen molar-refractivity contribution in [1.29, 1.82) is 0 Å². The van der Waals surface area contributed by atoms with E-state index in [1.807, 2.05) is 26.0 Å². The minimum Gasteiger partial charge on any atom is -0.292 e. The van der Waals surface area contributed by atoms with Crippen molar-refractivity contribution in [3.63, 3.8) is 0 Å². The van der Waals surface area contributed by atoms with Crippen LogP contribution in [0.3, 0.4) is 0 Å². The van der Waals surface area contributed by atoms with Gasteiger partial charge in [-0.2, -0.15) is 0 Å². The van der Waals surface area contributed by atoms with Gasteiger partial charge in [-0.3, -0.25) is 14.8 Å². The Kier molecular flexibility index (Phi) is 4.65. The van der Waals surface area contributed by atoms with Crippen LogP contribution in [0.5, 0.6) is 0 Å². The van der Waals surface area contributed by atoms with E-state index >= 15 is 0 Å². The molecular formula is C19H21FN4O. The first-order valence-electron chi connectivity index (χ1n) is 8.13. The standard InChI is InChI=1S/C19H21FN4O/c1-12(2)19(25)18-16(13-8-10-22-11-9-13)17(24(21)23(18)3)14-4-6-15(20)7-5-14/h4-12,17H,21H2,1-3H3. The fourth-order valence-electron chi connectivity index (χ4n) is 3.08. The number of rotatable bonds is 4. The van der Waals surface area contributed by atoms with Gasteiger partial charge in [-0.1, -0.05) is 26.0 Å². The molecule has 0 saturated heterocycles. The number of pyridine rings is 1. The van der Waals surface area contributed by atoms with E-state index in [4.69, 9.17) is 5.84 Å². The largest absolute Gasteiger partial charge is 0.292 e. The van der Waals surface area contributed by atoms with Crippen LogP contribution in [0.15, 0.2) is 54.5 Å². The minimum atomic E-state index is -0.384. The zero-order valence-corrected chi connectivity index (χ0v) is 14.5. The summed E-state index contributed by atoms with van der Waals surface area (Å²) in [6.07, 6.45) is 3.36. The Labute approximate surface area is 146 Å². The Bertz CT molecular complexity index is 802. The highest BCUT2D eigenvalue weighted by molar-refractivity contribution is 6.04. The molecule has 0 saturated carbocycles. The summed E-state index contributed by atoms with van der Waals surface area (Å²) in [5, 5.41) is 3.19. The van der Waals surface area contributed by atoms with Crippen LogP contribution in [0.25, 0.3) is 5.57 Å². The molecule has 2 aromatic rings. The predicted molar refractivity (Wildman–Crippen MR) is 93.9 cm³/mol. The lowest BCUT2D eigenvalue weighted by molar-refractivity contribution is -0.121. The normalized spacial score (nSPS) is 18.3. The van der Waals surface area contributed by atoms with E-state index in [1.165, 1.54) is 17.3 Å². The minimum absolute atomic E-state index is 0.00868. The molecule has 1 atom stereocenters. The van der Waals surface area contributed by atoms with Crippen molar-refractivity contribution in [1.82, 2.24) is 15.1 Å². The van der Waals surface area contributed by atoms with E-state index in [2.05, 4.69) is 4.98 Å². The number of likely N-dealkylation sites (N-methyl/N-ethyl adjacent to an activating group) is 1. The van der Waals surface area contributed by atoms with Crippen molar-refractivity contribution in [3.8, 4) is 0 Å². The second-order valence-corrected chi connectivity index (χ2v) is 6.37. The number of hydrazine groups is 2. The number of aromatic nitrogens is 1. The summed E-state index contributed by atoms with van der Waals surface area (Å²) in [6.45, 7) is 3.72. The van der Waals surface area contributed by atoms with Crippen LogP contribution in [-0.4, -0.2) is 27.9 Å². The summed E-state index contributed by atoms with van der Waals surface area (Å²) >= 11 is 0. The molecule has 0 spiro atoms. The Morgan fingerprint density at radius 3 is 2.32 bits per heavy atom. The van der Waals surface area contributed by atoms with Crippen LogP contribution in [0.2, 0.25) is 0 Å². The Hall–Kier alpha value is -2.57. The fourth-order valence-corrected chi connectivity index (χ4v) is 3.08. The van der Waals surface area contributed by atoms with E-state index in [9.17, 15) is 9.18 Å². The van der Waals surface area contributed by atoms with Gasteiger partial charge in [-0.25, -0.2) is 10.2 Å². The van der Waals surface area contributed by atoms with Gasteiger partial charge < -0.3 is 0 Å². The van der Waals surface area contributed by atoms with E-state index < -0.39 is 0 Å². The van der Waals surface area contributed by atoms with Gasteiger partial charge in [0.05, 0.1) is 6.04 Å². The SMILES string of the molecule is CC(C)C(=O)C1=C(c2ccncc2)C(c2ccc(F)cc2)N(N)N1C. The quantitative estimate of drug-likeness (QED) is 0.867. The molecule has 2 N–H and O–H groups in total. The second kappa shape index (κ2) is 6.74. The molecule has 1 aromatic carbocycles. The monoisotopic (exact) mass is 340 g/mol. The van der Waals surface area contributed by atoms with Crippen molar-refractivity contribution in [2.45, 2.75) is 19.9 Å². The first-order valence-corrected chi connectivity index (χ1v) is 8.13. The van der Waals surface area contributed by atoms with Crippen LogP contribution in [0, 0.1) is 11.7 Å². The fraction of sp³-hybridized carbons (Fsp3) is 0.263. The van der Waals surface area contributed by atoms with Gasteiger partial charge in [0.25, 0.3) is 0 Å². The van der Waals surface area contributed by atoms with Crippen molar-refractivity contribution in [2.75, 3.05) is 7.05 Å². The zero-order chi connectivity index (χ0) is 18.1. The number of carbonyl (C=O) groups is 1. The predicted octanol–water partition coefficient (Wildman–Crippen LogP) is 2.93. The number of nitrogens with two attached hydrogens (primary N) is 1. The van der Waals surface area contributed by atoms with Crippen LogP contribution < -0.4 is 5.84 Å². The highest BCUT2D eigenvalue weighted by Crippen LogP contribution is 2.43. The molecule has 3 rings (SSSR count). The number of halogens is 1. The van der Waals surface area contributed by atoms with E-state index in [-0.39, 0.29) is 23.6 Å². The number of benzene rings is 1. The Balaban J connectivity index is 2.22. The number of nitrogens with zero attached hydrogens (tertiary/aromatic N) is 3. The van der Waals surface area contributed by atoms with Crippen LogP contribution in [0.1, 0.15) is 31.0 Å². The van der Waals surface area contributed by atoms with Gasteiger partial charge in [-0.15, -0.1) is 5.12 Å². The van der Waals surface area contributed by atoms with Crippen molar-refractivity contribution in [3.05, 3.63) is 71.4 Å². The number of hydrogen-bond acceptors (Lipinski definition) is 5. The van der Waals surface area contributed by atoms with Gasteiger partial charge >= 0.3 is 0 Å². The number of Topliss-reactive ketones (excluding diaryl/α,β-unsaturated/α-hetero) is 1. The van der Waals surface area contributed by atoms with E-state index in [0.29, 0.717) is 5.70 Å². The molecule has 0 bridgehead atoms. The summed E-state index contributed by atoms with van der Waals surface area (Å²) < 4.78 is 13.3. The van der Waals surface area contributed by atoms with Crippen LogP contribution in [-0.2, 0) is 4.79 Å². The third-order valence-electron chi connectivity index (χ3n) is 4.40. The number of ketones is 1. The van der Waals surface area contributed by atoms with Gasteiger partial charge in [0.15, 0.2) is 5.78 Å². The van der Waals surface area contributed by atoms with Crippen LogP contribution >= 0.6 is 0 Å². The molecule has 1 aromatic heterocycles. The lowest BCUT2D eigenvalue weighted by atomic mass is 9.90. The molecule has 130 valence electrons. The number of allylic oxidation sites excluding steroid dienone is 1. The molecule has 25 heavy (non-hydrogen) atoms. The number of hydrogen-bond donors (Lipinski definition) is 1. The third-order valence-corrected chi connectivity index (χ3v) is 4.40. The first kappa shape index (κ1) is 17.3. The highest BCUT2D eigenvalue weighted by Gasteiger charge is 2.40. The lowest BCUT2D eigenvalue weighted by Crippen LogP contribution is -2.43. The van der Waals surface area contributed by atoms with Crippen molar-refractivity contribution >= 4 is 11.4 Å². The average Bonchev–Trinajstić information content (AvgIpc) is 2.87. The molecule has 2 heterocycles. The average molecular weight is 340 g/mol. The van der Waals surface area contributed by atoms with Crippen molar-refractivity contribution < 1.29 is 9.18 Å². The molecule has 1 unspecified atom stereocenters. The maximum Gasteiger partial charge on any atom is 0.183 e. The highest BCUT2D eigenvalue weighted by atomic mass is 19.1. The topological polar surface area (TPSA) is 62.5 Å². The maximum absolute atomic E-state index is 13.3. The van der Waals surface area contributed by atoms with Crippen LogP contribution in [0.4, 0.5) is 4.39 Å². The van der Waals surface area contributed by atoms with Crippen molar-refractivity contribution in [2.24, 2.45) is 11.8 Å². The van der Waals surface area contributed by atoms with Gasteiger partial charge in [0, 0.05) is 30.9 Å². The molecule has 1 aliphatic rings. The Morgan fingerprint density at radius 1 is 1.16 bits per heavy atom. The van der Waals surface area contributed by atoms with E-state index in [0.717, 1.165) is 16.7 Å². The Morgan fingerprint density at radius 2 is 1.76 bits per heavy atom. The smallest absolute Gasteiger partial charge is 0.183 e. The van der Waals surface area contributed by atoms with Gasteiger partial charge in [0.2, 0.25) is 0 Å². The molecule has 0 radical (unpaired) electrons. The molecule has 5 nitrogen and oxygen atoms in total. The summed E-state index contributed by atoms with van der Waals surface area (Å²) in [7, 11) is 1.76. The summed E-state index contributed by atoms with van der Waals surface area (Å²) in [4.78, 5) is 16.9. The van der Waals surface area contributed by atoms with Gasteiger partial charge in [0.1, 0.15) is 11.5 Å². The molecule has 1 aliphatic heterocycles. The second-order valence-electron chi connectivity index (χ2n) is 6.37. The molecule has 0 amide bonds. The number of carbonyl (C=O) groups excluding carboxylic acids is 1. The maximum atomic E-state index is 13.3. The molecular weight excluding hydrogens is 319 g/mol.